The standard InChI is InChI=1S/C12H15N5O/c1-4-13-5-2-9(1)7-11-16-12(17-18-11)10-3-6-14-8-15-10/h3,6,8-9,13H,1-2,4-5,7H2. The van der Waals surface area contributed by atoms with E-state index in [2.05, 4.69) is 25.4 Å². The van der Waals surface area contributed by atoms with Crippen LogP contribution in [0.25, 0.3) is 11.5 Å². The molecule has 3 rings (SSSR count). The second-order valence-electron chi connectivity index (χ2n) is 4.50. The molecule has 1 aliphatic rings. The molecule has 1 fully saturated rings. The van der Waals surface area contributed by atoms with Crippen molar-refractivity contribution in [1.82, 2.24) is 25.4 Å². The normalized spacial score (nSPS) is 16.9. The van der Waals surface area contributed by atoms with Gasteiger partial charge in [-0.05, 0) is 37.9 Å². The van der Waals surface area contributed by atoms with Crippen molar-refractivity contribution < 1.29 is 4.52 Å². The van der Waals surface area contributed by atoms with Gasteiger partial charge in [0, 0.05) is 12.6 Å². The molecule has 3 heterocycles. The van der Waals surface area contributed by atoms with E-state index in [9.17, 15) is 0 Å². The highest BCUT2D eigenvalue weighted by Gasteiger charge is 2.17. The predicted octanol–water partition coefficient (Wildman–Crippen LogP) is 1.07. The Morgan fingerprint density at radius 1 is 1.33 bits per heavy atom. The van der Waals surface area contributed by atoms with Crippen molar-refractivity contribution in [2.75, 3.05) is 13.1 Å². The molecular formula is C12H15N5O. The lowest BCUT2D eigenvalue weighted by Crippen LogP contribution is -2.28. The fourth-order valence-electron chi connectivity index (χ4n) is 2.20. The Morgan fingerprint density at radius 3 is 3.00 bits per heavy atom. The molecule has 0 atom stereocenters. The summed E-state index contributed by atoms with van der Waals surface area (Å²) in [6.45, 7) is 2.16. The zero-order chi connectivity index (χ0) is 12.2. The molecule has 0 unspecified atom stereocenters. The molecule has 0 bridgehead atoms. The Bertz CT molecular complexity index is 492. The Balaban J connectivity index is 1.69. The van der Waals surface area contributed by atoms with E-state index < -0.39 is 0 Å². The van der Waals surface area contributed by atoms with Crippen molar-refractivity contribution in [2.45, 2.75) is 19.3 Å². The van der Waals surface area contributed by atoms with Crippen molar-refractivity contribution in [3.63, 3.8) is 0 Å². The summed E-state index contributed by atoms with van der Waals surface area (Å²) < 4.78 is 5.28. The molecule has 0 aromatic carbocycles. The van der Waals surface area contributed by atoms with Crippen molar-refractivity contribution in [1.29, 1.82) is 0 Å². The van der Waals surface area contributed by atoms with Gasteiger partial charge < -0.3 is 9.84 Å². The molecule has 0 saturated carbocycles. The van der Waals surface area contributed by atoms with Gasteiger partial charge in [0.2, 0.25) is 11.7 Å². The van der Waals surface area contributed by atoms with E-state index in [4.69, 9.17) is 4.52 Å². The third-order valence-corrected chi connectivity index (χ3v) is 3.20. The summed E-state index contributed by atoms with van der Waals surface area (Å²) in [4.78, 5) is 12.4. The highest BCUT2D eigenvalue weighted by atomic mass is 16.5. The van der Waals surface area contributed by atoms with E-state index in [1.807, 2.05) is 0 Å². The van der Waals surface area contributed by atoms with E-state index in [1.54, 1.807) is 12.3 Å². The second-order valence-corrected chi connectivity index (χ2v) is 4.50. The highest BCUT2D eigenvalue weighted by molar-refractivity contribution is 5.46. The monoisotopic (exact) mass is 245 g/mol. The van der Waals surface area contributed by atoms with Gasteiger partial charge in [0.05, 0.1) is 0 Å². The van der Waals surface area contributed by atoms with Crippen LogP contribution in [0.15, 0.2) is 23.1 Å². The largest absolute Gasteiger partial charge is 0.339 e. The minimum absolute atomic E-state index is 0.543. The number of nitrogens with one attached hydrogen (secondary N) is 1. The van der Waals surface area contributed by atoms with Crippen LogP contribution in [-0.2, 0) is 6.42 Å². The molecule has 0 spiro atoms. The molecule has 2 aromatic heterocycles. The van der Waals surface area contributed by atoms with Gasteiger partial charge in [0.1, 0.15) is 12.0 Å². The Morgan fingerprint density at radius 2 is 2.22 bits per heavy atom. The lowest BCUT2D eigenvalue weighted by Gasteiger charge is -2.20. The average Bonchev–Trinajstić information content (AvgIpc) is 2.89. The molecule has 1 saturated heterocycles. The van der Waals surface area contributed by atoms with Gasteiger partial charge in [-0.2, -0.15) is 4.98 Å². The molecule has 1 aliphatic heterocycles. The SMILES string of the molecule is c1cc(-c2noc(CC3CCNCC3)n2)ncn1. The van der Waals surface area contributed by atoms with Crippen LogP contribution in [0.5, 0.6) is 0 Å². The van der Waals surface area contributed by atoms with E-state index in [-0.39, 0.29) is 0 Å². The molecule has 0 amide bonds. The first-order chi connectivity index (χ1) is 8.92. The van der Waals surface area contributed by atoms with Gasteiger partial charge in [-0.25, -0.2) is 9.97 Å². The fraction of sp³-hybridized carbons (Fsp3) is 0.500. The molecule has 6 nitrogen and oxygen atoms in total. The quantitative estimate of drug-likeness (QED) is 0.871. The van der Waals surface area contributed by atoms with Crippen LogP contribution in [0.4, 0.5) is 0 Å². The van der Waals surface area contributed by atoms with Crippen molar-refractivity contribution in [3.8, 4) is 11.5 Å². The Kier molecular flexibility index (Phi) is 3.27. The van der Waals surface area contributed by atoms with Crippen LogP contribution in [0.3, 0.4) is 0 Å². The van der Waals surface area contributed by atoms with Crippen molar-refractivity contribution in [2.24, 2.45) is 5.92 Å². The van der Waals surface area contributed by atoms with Gasteiger partial charge in [0.15, 0.2) is 0 Å². The number of rotatable bonds is 3. The van der Waals surface area contributed by atoms with Crippen molar-refractivity contribution in [3.05, 3.63) is 24.5 Å². The highest BCUT2D eigenvalue weighted by Crippen LogP contribution is 2.18. The summed E-state index contributed by atoms with van der Waals surface area (Å²) in [6.07, 6.45) is 6.36. The van der Waals surface area contributed by atoms with Gasteiger partial charge in [-0.3, -0.25) is 0 Å². The average molecular weight is 245 g/mol. The first kappa shape index (κ1) is 11.3. The third-order valence-electron chi connectivity index (χ3n) is 3.20. The molecule has 2 aromatic rings. The van der Waals surface area contributed by atoms with Gasteiger partial charge in [-0.15, -0.1) is 0 Å². The van der Waals surface area contributed by atoms with Crippen LogP contribution >= 0.6 is 0 Å². The number of hydrogen-bond donors (Lipinski definition) is 1. The molecule has 18 heavy (non-hydrogen) atoms. The number of piperidine rings is 1. The summed E-state index contributed by atoms with van der Waals surface area (Å²) in [5.74, 6) is 1.89. The van der Waals surface area contributed by atoms with Gasteiger partial charge in [0.25, 0.3) is 0 Å². The lowest BCUT2D eigenvalue weighted by molar-refractivity contribution is 0.313. The zero-order valence-electron chi connectivity index (χ0n) is 10.0. The Hall–Kier alpha value is -1.82. The maximum Gasteiger partial charge on any atom is 0.227 e. The minimum atomic E-state index is 0.543. The lowest BCUT2D eigenvalue weighted by atomic mass is 9.95. The van der Waals surface area contributed by atoms with E-state index in [0.717, 1.165) is 19.5 Å². The predicted molar refractivity (Wildman–Crippen MR) is 64.6 cm³/mol. The zero-order valence-corrected chi connectivity index (χ0v) is 10.0. The third kappa shape index (κ3) is 2.53. The van der Waals surface area contributed by atoms with E-state index >= 15 is 0 Å². The van der Waals surface area contributed by atoms with E-state index in [0.29, 0.717) is 23.3 Å². The van der Waals surface area contributed by atoms with Crippen LogP contribution in [-0.4, -0.2) is 33.2 Å². The summed E-state index contributed by atoms with van der Waals surface area (Å²) >= 11 is 0. The molecular weight excluding hydrogens is 230 g/mol. The van der Waals surface area contributed by atoms with Crippen LogP contribution in [0.2, 0.25) is 0 Å². The second kappa shape index (κ2) is 5.22. The van der Waals surface area contributed by atoms with Crippen LogP contribution < -0.4 is 5.32 Å². The van der Waals surface area contributed by atoms with Crippen LogP contribution in [0, 0.1) is 5.92 Å². The molecule has 0 aliphatic carbocycles. The molecule has 1 N–H and O–H groups in total. The summed E-state index contributed by atoms with van der Waals surface area (Å²) in [6, 6.07) is 1.78. The number of nitrogens with zero attached hydrogens (tertiary/aromatic N) is 4. The molecule has 6 heteroatoms. The van der Waals surface area contributed by atoms with Crippen molar-refractivity contribution >= 4 is 0 Å². The van der Waals surface area contributed by atoms with Gasteiger partial charge >= 0.3 is 0 Å². The van der Waals surface area contributed by atoms with E-state index in [1.165, 1.54) is 19.2 Å². The number of aromatic nitrogens is 4. The summed E-state index contributed by atoms with van der Waals surface area (Å²) in [5, 5.41) is 7.31. The smallest absolute Gasteiger partial charge is 0.227 e. The van der Waals surface area contributed by atoms with Gasteiger partial charge in [-0.1, -0.05) is 5.16 Å². The topological polar surface area (TPSA) is 76.7 Å². The number of hydrogen-bond acceptors (Lipinski definition) is 6. The maximum absolute atomic E-state index is 5.28. The maximum atomic E-state index is 5.28. The summed E-state index contributed by atoms with van der Waals surface area (Å²) in [5.41, 5.74) is 0.699. The molecule has 0 radical (unpaired) electrons. The fourth-order valence-corrected chi connectivity index (χ4v) is 2.20. The first-order valence-corrected chi connectivity index (χ1v) is 6.21. The minimum Gasteiger partial charge on any atom is -0.339 e. The molecule has 94 valence electrons. The Labute approximate surface area is 105 Å². The van der Waals surface area contributed by atoms with Crippen LogP contribution in [0.1, 0.15) is 18.7 Å². The first-order valence-electron chi connectivity index (χ1n) is 6.21. The summed E-state index contributed by atoms with van der Waals surface area (Å²) in [7, 11) is 0.